The molecule has 3 heterocycles. The van der Waals surface area contributed by atoms with Gasteiger partial charge >= 0.3 is 5.97 Å². The number of ether oxygens (including phenoxy) is 2. The Bertz CT molecular complexity index is 1310. The SMILES string of the molecule is CCCCN(C(=O)CN1C[C@H](c2cc(CO)c3c(c2)OCO3)[C@@H](C(=O)O)[C@@H]1CCNS(C)(=O)=O)c1cccnc1. The lowest BCUT2D eigenvalue weighted by atomic mass is 9.83. The number of rotatable bonds is 13. The van der Waals surface area contributed by atoms with Crippen LogP contribution in [0.4, 0.5) is 5.69 Å². The summed E-state index contributed by atoms with van der Waals surface area (Å²) in [5.41, 5.74) is 1.79. The summed E-state index contributed by atoms with van der Waals surface area (Å²) in [6.45, 7) is 2.42. The maximum absolute atomic E-state index is 13.7. The molecule has 2 aliphatic rings. The van der Waals surface area contributed by atoms with E-state index in [-0.39, 0.29) is 45.4 Å². The van der Waals surface area contributed by atoms with Crippen LogP contribution in [0.3, 0.4) is 0 Å². The third-order valence-electron chi connectivity index (χ3n) is 7.34. The summed E-state index contributed by atoms with van der Waals surface area (Å²) in [7, 11) is -3.49. The van der Waals surface area contributed by atoms with Crippen LogP contribution in [0, 0.1) is 5.92 Å². The predicted molar refractivity (Wildman–Crippen MR) is 147 cm³/mol. The zero-order chi connectivity index (χ0) is 28.9. The van der Waals surface area contributed by atoms with Crippen LogP contribution in [0.2, 0.25) is 0 Å². The van der Waals surface area contributed by atoms with Gasteiger partial charge in [-0.1, -0.05) is 13.3 Å². The van der Waals surface area contributed by atoms with Gasteiger partial charge in [-0.3, -0.25) is 19.5 Å². The smallest absolute Gasteiger partial charge is 0.308 e. The summed E-state index contributed by atoms with van der Waals surface area (Å²) in [5.74, 6) is -1.88. The molecule has 1 saturated heterocycles. The van der Waals surface area contributed by atoms with Crippen LogP contribution in [0.1, 0.15) is 43.2 Å². The number of hydrogen-bond acceptors (Lipinski definition) is 9. The number of anilines is 1. The molecule has 0 unspecified atom stereocenters. The minimum atomic E-state index is -3.49. The second-order valence-corrected chi connectivity index (χ2v) is 11.9. The Labute approximate surface area is 234 Å². The van der Waals surface area contributed by atoms with Gasteiger partial charge in [-0.2, -0.15) is 0 Å². The number of fused-ring (bicyclic) bond motifs is 1. The molecule has 4 rings (SSSR count). The third-order valence-corrected chi connectivity index (χ3v) is 8.07. The van der Waals surface area contributed by atoms with Crippen molar-refractivity contribution in [3.63, 3.8) is 0 Å². The summed E-state index contributed by atoms with van der Waals surface area (Å²) in [5, 5.41) is 20.3. The number of aromatic nitrogens is 1. The van der Waals surface area contributed by atoms with Gasteiger partial charge in [-0.15, -0.1) is 0 Å². The standard InChI is InChI=1S/C27H36N4O8S/c1-3-4-10-31(20-6-5-8-28-13-20)24(33)15-30-14-21(18-11-19(16-32)26-23(12-18)38-17-39-26)25(27(34)35)22(30)7-9-29-40(2,36)37/h5-6,8,11-13,21-22,25,29,32H,3-4,7,9-10,14-17H2,1-2H3,(H,34,35)/t21-,22+,25-/m1/s1. The molecule has 1 fully saturated rings. The highest BCUT2D eigenvalue weighted by Crippen LogP contribution is 2.44. The van der Waals surface area contributed by atoms with Gasteiger partial charge < -0.3 is 24.6 Å². The number of carbonyl (C=O) groups is 2. The Morgan fingerprint density at radius 1 is 1.27 bits per heavy atom. The number of nitrogens with one attached hydrogen (secondary N) is 1. The van der Waals surface area contributed by atoms with Crippen molar-refractivity contribution >= 4 is 27.6 Å². The number of carbonyl (C=O) groups excluding carboxylic acids is 1. The first-order valence-corrected chi connectivity index (χ1v) is 15.2. The topological polar surface area (TPSA) is 159 Å². The van der Waals surface area contributed by atoms with Gasteiger partial charge in [0.25, 0.3) is 0 Å². The highest BCUT2D eigenvalue weighted by atomic mass is 32.2. The number of hydrogen-bond donors (Lipinski definition) is 3. The van der Waals surface area contributed by atoms with E-state index in [0.29, 0.717) is 34.9 Å². The van der Waals surface area contributed by atoms with E-state index in [2.05, 4.69) is 9.71 Å². The number of unbranched alkanes of at least 4 members (excludes halogenated alkanes) is 1. The molecule has 3 N–H and O–H groups in total. The van der Waals surface area contributed by atoms with Crippen molar-refractivity contribution in [1.29, 1.82) is 0 Å². The fourth-order valence-electron chi connectivity index (χ4n) is 5.51. The summed E-state index contributed by atoms with van der Waals surface area (Å²) in [6.07, 6.45) is 6.15. The average Bonchev–Trinajstić information content (AvgIpc) is 3.53. The van der Waals surface area contributed by atoms with Gasteiger partial charge in [-0.05, 0) is 42.7 Å². The summed E-state index contributed by atoms with van der Waals surface area (Å²) < 4.78 is 36.9. The molecule has 40 heavy (non-hydrogen) atoms. The van der Waals surface area contributed by atoms with E-state index < -0.39 is 33.9 Å². The van der Waals surface area contributed by atoms with E-state index in [9.17, 15) is 28.2 Å². The Morgan fingerprint density at radius 3 is 2.73 bits per heavy atom. The minimum absolute atomic E-state index is 0.00115. The number of aliphatic hydroxyl groups is 1. The molecular formula is C27H36N4O8S. The number of nitrogens with zero attached hydrogens (tertiary/aromatic N) is 3. The summed E-state index contributed by atoms with van der Waals surface area (Å²) in [4.78, 5) is 34.0. The molecule has 0 aliphatic carbocycles. The molecule has 1 aromatic heterocycles. The fraction of sp³-hybridized carbons (Fsp3) is 0.519. The number of aliphatic hydroxyl groups excluding tert-OH is 1. The van der Waals surface area contributed by atoms with Crippen molar-refractivity contribution in [3.8, 4) is 11.5 Å². The van der Waals surface area contributed by atoms with Crippen LogP contribution in [-0.4, -0.2) is 85.7 Å². The van der Waals surface area contributed by atoms with Crippen molar-refractivity contribution in [3.05, 3.63) is 47.8 Å². The van der Waals surface area contributed by atoms with Crippen molar-refractivity contribution in [2.75, 3.05) is 44.1 Å². The molecular weight excluding hydrogens is 540 g/mol. The Morgan fingerprint density at radius 2 is 2.08 bits per heavy atom. The number of aliphatic carboxylic acids is 1. The average molecular weight is 577 g/mol. The second-order valence-electron chi connectivity index (χ2n) is 10.1. The largest absolute Gasteiger partial charge is 0.481 e. The molecule has 2 aromatic rings. The molecule has 3 atom stereocenters. The molecule has 0 bridgehead atoms. The number of amides is 1. The molecule has 13 heteroatoms. The van der Waals surface area contributed by atoms with Gasteiger partial charge in [0.05, 0.1) is 37.2 Å². The van der Waals surface area contributed by atoms with Crippen LogP contribution < -0.4 is 19.1 Å². The molecule has 2 aliphatic heterocycles. The molecule has 0 spiro atoms. The zero-order valence-electron chi connectivity index (χ0n) is 22.7. The summed E-state index contributed by atoms with van der Waals surface area (Å²) >= 11 is 0. The molecule has 0 radical (unpaired) electrons. The van der Waals surface area contributed by atoms with Crippen LogP contribution in [-0.2, 0) is 26.2 Å². The van der Waals surface area contributed by atoms with Crippen molar-refractivity contribution in [1.82, 2.24) is 14.6 Å². The summed E-state index contributed by atoms with van der Waals surface area (Å²) in [6, 6.07) is 6.37. The minimum Gasteiger partial charge on any atom is -0.481 e. The Kier molecular flexibility index (Phi) is 9.61. The normalized spacial score (nSPS) is 20.5. The van der Waals surface area contributed by atoms with E-state index in [1.807, 2.05) is 17.9 Å². The van der Waals surface area contributed by atoms with Crippen LogP contribution in [0.15, 0.2) is 36.7 Å². The lowest BCUT2D eigenvalue weighted by Gasteiger charge is -2.29. The van der Waals surface area contributed by atoms with Gasteiger partial charge in [0.1, 0.15) is 0 Å². The van der Waals surface area contributed by atoms with E-state index in [1.165, 1.54) is 0 Å². The van der Waals surface area contributed by atoms with Crippen molar-refractivity contribution < 1.29 is 37.7 Å². The van der Waals surface area contributed by atoms with E-state index in [4.69, 9.17) is 9.47 Å². The van der Waals surface area contributed by atoms with E-state index in [1.54, 1.807) is 35.5 Å². The van der Waals surface area contributed by atoms with Gasteiger partial charge in [0.15, 0.2) is 11.5 Å². The maximum Gasteiger partial charge on any atom is 0.308 e. The van der Waals surface area contributed by atoms with Gasteiger partial charge in [0.2, 0.25) is 22.7 Å². The van der Waals surface area contributed by atoms with Crippen LogP contribution in [0.5, 0.6) is 11.5 Å². The lowest BCUT2D eigenvalue weighted by molar-refractivity contribution is -0.143. The Balaban J connectivity index is 1.66. The highest BCUT2D eigenvalue weighted by Gasteiger charge is 2.47. The number of pyridine rings is 1. The fourth-order valence-corrected chi connectivity index (χ4v) is 6.00. The van der Waals surface area contributed by atoms with Crippen LogP contribution in [0.25, 0.3) is 0 Å². The van der Waals surface area contributed by atoms with E-state index >= 15 is 0 Å². The maximum atomic E-state index is 13.7. The first-order chi connectivity index (χ1) is 19.1. The third kappa shape index (κ3) is 6.89. The number of sulfonamides is 1. The number of carboxylic acids is 1. The van der Waals surface area contributed by atoms with Gasteiger partial charge in [-0.25, -0.2) is 13.1 Å². The molecule has 218 valence electrons. The molecule has 12 nitrogen and oxygen atoms in total. The monoisotopic (exact) mass is 576 g/mol. The predicted octanol–water partition coefficient (Wildman–Crippen LogP) is 1.54. The first kappa shape index (κ1) is 29.7. The molecule has 1 amide bonds. The Hall–Kier alpha value is -3.26. The number of carboxylic acid groups (broad SMARTS) is 1. The van der Waals surface area contributed by atoms with Crippen LogP contribution >= 0.6 is 0 Å². The number of benzene rings is 1. The van der Waals surface area contributed by atoms with Crippen molar-refractivity contribution in [2.24, 2.45) is 5.92 Å². The van der Waals surface area contributed by atoms with Crippen molar-refractivity contribution in [2.45, 2.75) is 44.8 Å². The first-order valence-electron chi connectivity index (χ1n) is 13.3. The van der Waals surface area contributed by atoms with E-state index in [0.717, 1.165) is 19.1 Å². The lowest BCUT2D eigenvalue weighted by Crippen LogP contribution is -2.45. The zero-order valence-corrected chi connectivity index (χ0v) is 23.5. The highest BCUT2D eigenvalue weighted by molar-refractivity contribution is 7.88. The molecule has 0 saturated carbocycles. The second kappa shape index (κ2) is 12.9. The van der Waals surface area contributed by atoms with Gasteiger partial charge in [0, 0.05) is 43.4 Å². The quantitative estimate of drug-likeness (QED) is 0.319. The number of likely N-dealkylation sites (tertiary alicyclic amines) is 1. The molecule has 1 aromatic carbocycles.